The van der Waals surface area contributed by atoms with E-state index in [2.05, 4.69) is 23.6 Å². The van der Waals surface area contributed by atoms with E-state index in [9.17, 15) is 4.79 Å². The van der Waals surface area contributed by atoms with E-state index in [4.69, 9.17) is 0 Å². The van der Waals surface area contributed by atoms with E-state index in [0.717, 1.165) is 25.9 Å². The van der Waals surface area contributed by atoms with Gasteiger partial charge in [0.2, 0.25) is 0 Å². The molecule has 0 saturated carbocycles. The van der Waals surface area contributed by atoms with Crippen LogP contribution in [-0.2, 0) is 4.79 Å². The van der Waals surface area contributed by atoms with Gasteiger partial charge in [-0.3, -0.25) is 4.79 Å². The summed E-state index contributed by atoms with van der Waals surface area (Å²) in [5.74, 6) is 0.451. The number of Topliss-reactive ketones (excluding diaryl/α,β-unsaturated/α-hetero) is 1. The van der Waals surface area contributed by atoms with Crippen molar-refractivity contribution >= 4 is 5.78 Å². The van der Waals surface area contributed by atoms with E-state index in [1.54, 1.807) is 0 Å². The molecule has 0 aromatic rings. The highest BCUT2D eigenvalue weighted by molar-refractivity contribution is 5.79. The molecule has 1 fully saturated rings. The molecular formula is C18H36N2O. The Labute approximate surface area is 132 Å². The second kappa shape index (κ2) is 12.2. The van der Waals surface area contributed by atoms with Crippen molar-refractivity contribution < 1.29 is 4.79 Å². The van der Waals surface area contributed by atoms with Gasteiger partial charge in [0.15, 0.2) is 0 Å². The maximum absolute atomic E-state index is 11.2. The number of carbonyl (C=O) groups excluding carboxylic acids is 1. The molecule has 0 amide bonds. The molecule has 3 heteroatoms. The summed E-state index contributed by atoms with van der Waals surface area (Å²) in [6.45, 7) is 11.5. The normalized spacial score (nSPS) is 16.8. The lowest BCUT2D eigenvalue weighted by molar-refractivity contribution is -0.121. The van der Waals surface area contributed by atoms with Gasteiger partial charge in [0.1, 0.15) is 5.78 Å². The van der Waals surface area contributed by atoms with Gasteiger partial charge >= 0.3 is 0 Å². The largest absolute Gasteiger partial charge is 0.303 e. The van der Waals surface area contributed by atoms with Gasteiger partial charge in [-0.05, 0) is 45.4 Å². The SMILES string of the molecule is CCCCCN(CCCCC)CCCN1CCC(=O)CC1. The molecule has 1 rings (SSSR count). The molecule has 0 unspecified atom stereocenters. The Morgan fingerprint density at radius 3 is 1.90 bits per heavy atom. The third-order valence-electron chi connectivity index (χ3n) is 4.52. The zero-order valence-electron chi connectivity index (χ0n) is 14.4. The molecule has 124 valence electrons. The highest BCUT2D eigenvalue weighted by atomic mass is 16.1. The van der Waals surface area contributed by atoms with E-state index < -0.39 is 0 Å². The first-order chi connectivity index (χ1) is 10.3. The Balaban J connectivity index is 2.15. The fraction of sp³-hybridized carbons (Fsp3) is 0.944. The highest BCUT2D eigenvalue weighted by Gasteiger charge is 2.15. The third kappa shape index (κ3) is 9.26. The summed E-state index contributed by atoms with van der Waals surface area (Å²) in [5.41, 5.74) is 0. The van der Waals surface area contributed by atoms with E-state index in [0.29, 0.717) is 5.78 Å². The van der Waals surface area contributed by atoms with Crippen LogP contribution in [0.5, 0.6) is 0 Å². The molecule has 0 aromatic heterocycles. The van der Waals surface area contributed by atoms with Crippen LogP contribution in [0.1, 0.15) is 71.6 Å². The Hall–Kier alpha value is -0.410. The number of hydrogen-bond acceptors (Lipinski definition) is 3. The molecule has 3 nitrogen and oxygen atoms in total. The number of piperidine rings is 1. The van der Waals surface area contributed by atoms with Crippen molar-refractivity contribution in [1.29, 1.82) is 0 Å². The van der Waals surface area contributed by atoms with Crippen molar-refractivity contribution in [1.82, 2.24) is 9.80 Å². The van der Waals surface area contributed by atoms with Gasteiger partial charge in [-0.2, -0.15) is 0 Å². The molecule has 1 aliphatic rings. The maximum Gasteiger partial charge on any atom is 0.135 e. The van der Waals surface area contributed by atoms with Gasteiger partial charge in [0.25, 0.3) is 0 Å². The van der Waals surface area contributed by atoms with Crippen LogP contribution in [0.25, 0.3) is 0 Å². The van der Waals surface area contributed by atoms with E-state index in [1.807, 2.05) is 0 Å². The van der Waals surface area contributed by atoms with Gasteiger partial charge in [0, 0.05) is 25.9 Å². The topological polar surface area (TPSA) is 23.6 Å². The lowest BCUT2D eigenvalue weighted by Gasteiger charge is -2.28. The van der Waals surface area contributed by atoms with E-state index in [1.165, 1.54) is 71.1 Å². The number of nitrogens with zero attached hydrogens (tertiary/aromatic N) is 2. The predicted molar refractivity (Wildman–Crippen MR) is 90.8 cm³/mol. The summed E-state index contributed by atoms with van der Waals surface area (Å²) in [6, 6.07) is 0. The van der Waals surface area contributed by atoms with Crippen molar-refractivity contribution in [3.8, 4) is 0 Å². The first-order valence-corrected chi connectivity index (χ1v) is 9.22. The highest BCUT2D eigenvalue weighted by Crippen LogP contribution is 2.08. The monoisotopic (exact) mass is 296 g/mol. The van der Waals surface area contributed by atoms with Crippen LogP contribution < -0.4 is 0 Å². The standard InChI is InChI=1S/C18H36N2O/c1-3-5-7-12-19(13-8-6-4-2)14-9-15-20-16-10-18(21)11-17-20/h3-17H2,1-2H3. The fourth-order valence-corrected chi connectivity index (χ4v) is 3.05. The molecule has 0 N–H and O–H groups in total. The summed E-state index contributed by atoms with van der Waals surface area (Å²) < 4.78 is 0. The van der Waals surface area contributed by atoms with Crippen molar-refractivity contribution in [3.05, 3.63) is 0 Å². The summed E-state index contributed by atoms with van der Waals surface area (Å²) in [4.78, 5) is 16.4. The Bertz CT molecular complexity index is 248. The number of carbonyl (C=O) groups is 1. The lowest BCUT2D eigenvalue weighted by atomic mass is 10.1. The quantitative estimate of drug-likeness (QED) is 0.513. The van der Waals surface area contributed by atoms with Crippen LogP contribution >= 0.6 is 0 Å². The number of ketones is 1. The Morgan fingerprint density at radius 2 is 1.38 bits per heavy atom. The molecule has 21 heavy (non-hydrogen) atoms. The minimum absolute atomic E-state index is 0.451. The first-order valence-electron chi connectivity index (χ1n) is 9.22. The molecule has 1 aliphatic heterocycles. The summed E-state index contributed by atoms with van der Waals surface area (Å²) in [6.07, 6.45) is 10.8. The van der Waals surface area contributed by atoms with Crippen LogP contribution in [0.2, 0.25) is 0 Å². The molecule has 0 radical (unpaired) electrons. The molecule has 1 saturated heterocycles. The molecule has 1 heterocycles. The predicted octanol–water partition coefficient (Wildman–Crippen LogP) is 3.72. The van der Waals surface area contributed by atoms with Crippen molar-refractivity contribution in [2.24, 2.45) is 0 Å². The average Bonchev–Trinajstić information content (AvgIpc) is 2.49. The summed E-state index contributed by atoms with van der Waals surface area (Å²) in [5, 5.41) is 0. The van der Waals surface area contributed by atoms with Crippen LogP contribution in [0.3, 0.4) is 0 Å². The smallest absolute Gasteiger partial charge is 0.135 e. The number of rotatable bonds is 12. The maximum atomic E-state index is 11.2. The number of hydrogen-bond donors (Lipinski definition) is 0. The minimum atomic E-state index is 0.451. The average molecular weight is 296 g/mol. The minimum Gasteiger partial charge on any atom is -0.303 e. The number of likely N-dealkylation sites (tertiary alicyclic amines) is 1. The first kappa shape index (κ1) is 18.6. The molecule has 0 bridgehead atoms. The molecular weight excluding hydrogens is 260 g/mol. The zero-order chi connectivity index (χ0) is 15.3. The van der Waals surface area contributed by atoms with Crippen molar-refractivity contribution in [3.63, 3.8) is 0 Å². The fourth-order valence-electron chi connectivity index (χ4n) is 3.05. The van der Waals surface area contributed by atoms with Crippen LogP contribution in [0, 0.1) is 0 Å². The molecule has 0 aromatic carbocycles. The lowest BCUT2D eigenvalue weighted by Crippen LogP contribution is -2.36. The summed E-state index contributed by atoms with van der Waals surface area (Å²) >= 11 is 0. The third-order valence-corrected chi connectivity index (χ3v) is 4.52. The van der Waals surface area contributed by atoms with Gasteiger partial charge in [-0.15, -0.1) is 0 Å². The zero-order valence-corrected chi connectivity index (χ0v) is 14.4. The summed E-state index contributed by atoms with van der Waals surface area (Å²) in [7, 11) is 0. The molecule has 0 atom stereocenters. The van der Waals surface area contributed by atoms with Gasteiger partial charge in [-0.1, -0.05) is 39.5 Å². The second-order valence-electron chi connectivity index (χ2n) is 6.49. The Morgan fingerprint density at radius 1 is 0.857 bits per heavy atom. The van der Waals surface area contributed by atoms with Gasteiger partial charge < -0.3 is 9.80 Å². The number of unbranched alkanes of at least 4 members (excludes halogenated alkanes) is 4. The van der Waals surface area contributed by atoms with Crippen molar-refractivity contribution in [2.75, 3.05) is 39.3 Å². The Kier molecular flexibility index (Phi) is 10.8. The van der Waals surface area contributed by atoms with E-state index in [-0.39, 0.29) is 0 Å². The molecule has 0 aliphatic carbocycles. The van der Waals surface area contributed by atoms with Gasteiger partial charge in [0.05, 0.1) is 0 Å². The van der Waals surface area contributed by atoms with Crippen LogP contribution in [0.4, 0.5) is 0 Å². The van der Waals surface area contributed by atoms with Crippen LogP contribution in [-0.4, -0.2) is 54.9 Å². The van der Waals surface area contributed by atoms with Crippen LogP contribution in [0.15, 0.2) is 0 Å². The van der Waals surface area contributed by atoms with Gasteiger partial charge in [-0.25, -0.2) is 0 Å². The van der Waals surface area contributed by atoms with Crippen molar-refractivity contribution in [2.45, 2.75) is 71.6 Å². The molecule has 0 spiro atoms. The van der Waals surface area contributed by atoms with E-state index >= 15 is 0 Å². The second-order valence-corrected chi connectivity index (χ2v) is 6.49.